The molecule has 0 aromatic carbocycles. The fourth-order valence-electron chi connectivity index (χ4n) is 0.974. The first kappa shape index (κ1) is 10.2. The second-order valence-corrected chi connectivity index (χ2v) is 5.46. The van der Waals surface area contributed by atoms with Crippen LogP contribution in [0, 0.1) is 12.8 Å². The van der Waals surface area contributed by atoms with Gasteiger partial charge in [-0.2, -0.15) is 0 Å². The summed E-state index contributed by atoms with van der Waals surface area (Å²) >= 11 is 5.27. The van der Waals surface area contributed by atoms with Gasteiger partial charge in [-0.15, -0.1) is 11.3 Å². The van der Waals surface area contributed by atoms with Crippen LogP contribution in [0.3, 0.4) is 0 Å². The second kappa shape index (κ2) is 3.90. The molecule has 0 fully saturated rings. The molecule has 0 aliphatic rings. The Kier molecular flexibility index (Phi) is 3.32. The Labute approximate surface area is 86.1 Å². The van der Waals surface area contributed by atoms with Gasteiger partial charge in [-0.3, -0.25) is 0 Å². The van der Waals surface area contributed by atoms with Gasteiger partial charge in [0.2, 0.25) is 0 Å². The molecule has 1 aromatic rings. The van der Waals surface area contributed by atoms with Gasteiger partial charge in [-0.05, 0) is 34.8 Å². The minimum absolute atomic E-state index is 0.181. The summed E-state index contributed by atoms with van der Waals surface area (Å²) in [6.07, 6.45) is 0. The van der Waals surface area contributed by atoms with Crippen molar-refractivity contribution in [2.24, 2.45) is 11.7 Å². The van der Waals surface area contributed by atoms with Gasteiger partial charge in [-0.25, -0.2) is 0 Å². The van der Waals surface area contributed by atoms with Crippen molar-refractivity contribution >= 4 is 27.3 Å². The Morgan fingerprint density at radius 3 is 2.42 bits per heavy atom. The van der Waals surface area contributed by atoms with Gasteiger partial charge in [0.1, 0.15) is 0 Å². The summed E-state index contributed by atoms with van der Waals surface area (Å²) in [5.41, 5.74) is 6.01. The lowest BCUT2D eigenvalue weighted by atomic mass is 10.0. The van der Waals surface area contributed by atoms with E-state index >= 15 is 0 Å². The average molecular weight is 248 g/mol. The molecular formula is C9H14BrNS. The summed E-state index contributed by atoms with van der Waals surface area (Å²) in [7, 11) is 0. The number of thiophene rings is 1. The van der Waals surface area contributed by atoms with Crippen LogP contribution in [0.1, 0.15) is 29.6 Å². The first-order valence-electron chi connectivity index (χ1n) is 4.03. The predicted molar refractivity (Wildman–Crippen MR) is 58.5 cm³/mol. The van der Waals surface area contributed by atoms with Crippen molar-refractivity contribution in [1.82, 2.24) is 0 Å². The van der Waals surface area contributed by atoms with Crippen molar-refractivity contribution in [2.75, 3.05) is 0 Å². The van der Waals surface area contributed by atoms with Gasteiger partial charge in [0.05, 0.1) is 0 Å². The van der Waals surface area contributed by atoms with Crippen LogP contribution in [0.5, 0.6) is 0 Å². The van der Waals surface area contributed by atoms with Crippen molar-refractivity contribution in [3.8, 4) is 0 Å². The van der Waals surface area contributed by atoms with Crippen LogP contribution >= 0.6 is 27.3 Å². The van der Waals surface area contributed by atoms with Gasteiger partial charge in [-0.1, -0.05) is 13.8 Å². The van der Waals surface area contributed by atoms with Crippen molar-refractivity contribution in [2.45, 2.75) is 26.8 Å². The first-order valence-corrected chi connectivity index (χ1v) is 5.64. The lowest BCUT2D eigenvalue weighted by molar-refractivity contribution is 0.521. The molecule has 0 spiro atoms. The average Bonchev–Trinajstić information content (AvgIpc) is 2.30. The molecule has 1 aromatic heterocycles. The number of hydrogen-bond acceptors (Lipinski definition) is 2. The van der Waals surface area contributed by atoms with E-state index < -0.39 is 0 Å². The monoisotopic (exact) mass is 247 g/mol. The molecule has 0 bridgehead atoms. The molecule has 12 heavy (non-hydrogen) atoms. The number of nitrogens with two attached hydrogens (primary N) is 1. The molecule has 3 heteroatoms. The largest absolute Gasteiger partial charge is 0.323 e. The normalized spacial score (nSPS) is 13.8. The number of rotatable bonds is 2. The highest BCUT2D eigenvalue weighted by Crippen LogP contribution is 2.32. The number of halogens is 1. The third kappa shape index (κ3) is 2.09. The lowest BCUT2D eigenvalue weighted by Gasteiger charge is -2.12. The smallest absolute Gasteiger partial charge is 0.0413 e. The maximum Gasteiger partial charge on any atom is 0.0413 e. The third-order valence-corrected chi connectivity index (χ3v) is 4.16. The highest BCUT2D eigenvalue weighted by Gasteiger charge is 2.13. The Morgan fingerprint density at radius 1 is 1.50 bits per heavy atom. The SMILES string of the molecule is Cc1sc(C(N)C(C)C)cc1Br. The molecule has 1 nitrogen and oxygen atoms in total. The van der Waals surface area contributed by atoms with Gasteiger partial charge >= 0.3 is 0 Å². The van der Waals surface area contributed by atoms with Crippen LogP contribution in [0.15, 0.2) is 10.5 Å². The molecular weight excluding hydrogens is 234 g/mol. The Morgan fingerprint density at radius 2 is 2.08 bits per heavy atom. The molecule has 0 aliphatic heterocycles. The fourth-order valence-corrected chi connectivity index (χ4v) is 2.71. The standard InChI is InChI=1S/C9H14BrNS/c1-5(2)9(11)8-4-7(10)6(3)12-8/h4-5,9H,11H2,1-3H3. The maximum atomic E-state index is 6.01. The third-order valence-electron chi connectivity index (χ3n) is 1.92. The van der Waals surface area contributed by atoms with Crippen LogP contribution < -0.4 is 5.73 Å². The van der Waals surface area contributed by atoms with E-state index in [1.807, 2.05) is 0 Å². The van der Waals surface area contributed by atoms with Gasteiger partial charge in [0.25, 0.3) is 0 Å². The number of hydrogen-bond donors (Lipinski definition) is 1. The van der Waals surface area contributed by atoms with Crippen molar-refractivity contribution in [3.05, 3.63) is 20.3 Å². The minimum Gasteiger partial charge on any atom is -0.323 e. The quantitative estimate of drug-likeness (QED) is 0.852. The molecule has 0 amide bonds. The zero-order valence-corrected chi connectivity index (χ0v) is 10.00. The van der Waals surface area contributed by atoms with Gasteiger partial charge in [0.15, 0.2) is 0 Å². The highest BCUT2D eigenvalue weighted by molar-refractivity contribution is 9.10. The predicted octanol–water partition coefficient (Wildman–Crippen LogP) is 3.47. The van der Waals surface area contributed by atoms with E-state index in [4.69, 9.17) is 5.73 Å². The summed E-state index contributed by atoms with van der Waals surface area (Å²) in [5, 5.41) is 0. The summed E-state index contributed by atoms with van der Waals surface area (Å²) < 4.78 is 1.18. The van der Waals surface area contributed by atoms with Crippen LogP contribution in [0.25, 0.3) is 0 Å². The van der Waals surface area contributed by atoms with E-state index in [2.05, 4.69) is 42.8 Å². The lowest BCUT2D eigenvalue weighted by Crippen LogP contribution is -2.14. The van der Waals surface area contributed by atoms with E-state index in [1.165, 1.54) is 14.2 Å². The minimum atomic E-state index is 0.181. The summed E-state index contributed by atoms with van der Waals surface area (Å²) in [4.78, 5) is 2.58. The Balaban J connectivity index is 2.89. The van der Waals surface area contributed by atoms with E-state index in [-0.39, 0.29) is 6.04 Å². The van der Waals surface area contributed by atoms with Gasteiger partial charge < -0.3 is 5.73 Å². The van der Waals surface area contributed by atoms with Crippen LogP contribution in [-0.2, 0) is 0 Å². The van der Waals surface area contributed by atoms with Gasteiger partial charge in [0, 0.05) is 20.3 Å². The van der Waals surface area contributed by atoms with E-state index in [1.54, 1.807) is 11.3 Å². The van der Waals surface area contributed by atoms with Crippen LogP contribution in [-0.4, -0.2) is 0 Å². The van der Waals surface area contributed by atoms with Crippen molar-refractivity contribution in [1.29, 1.82) is 0 Å². The van der Waals surface area contributed by atoms with Crippen LogP contribution in [0.2, 0.25) is 0 Å². The van der Waals surface area contributed by atoms with E-state index in [9.17, 15) is 0 Å². The molecule has 1 rings (SSSR count). The maximum absolute atomic E-state index is 6.01. The van der Waals surface area contributed by atoms with Crippen LogP contribution in [0.4, 0.5) is 0 Å². The highest BCUT2D eigenvalue weighted by atomic mass is 79.9. The van der Waals surface area contributed by atoms with E-state index in [0.717, 1.165) is 0 Å². The topological polar surface area (TPSA) is 26.0 Å². The molecule has 1 heterocycles. The zero-order valence-electron chi connectivity index (χ0n) is 7.60. The molecule has 0 saturated carbocycles. The van der Waals surface area contributed by atoms with E-state index in [0.29, 0.717) is 5.92 Å². The Bertz CT molecular complexity index is 248. The second-order valence-electron chi connectivity index (χ2n) is 3.32. The van der Waals surface area contributed by atoms with Crippen molar-refractivity contribution in [3.63, 3.8) is 0 Å². The molecule has 0 aliphatic carbocycles. The molecule has 0 saturated heterocycles. The molecule has 68 valence electrons. The fraction of sp³-hybridized carbons (Fsp3) is 0.556. The summed E-state index contributed by atoms with van der Waals surface area (Å²) in [5.74, 6) is 0.509. The first-order chi connectivity index (χ1) is 5.52. The molecule has 1 unspecified atom stereocenters. The summed E-state index contributed by atoms with van der Waals surface area (Å²) in [6.45, 7) is 6.40. The molecule has 0 radical (unpaired) electrons. The van der Waals surface area contributed by atoms with Crippen molar-refractivity contribution < 1.29 is 0 Å². The molecule has 1 atom stereocenters. The summed E-state index contributed by atoms with van der Waals surface area (Å²) in [6, 6.07) is 2.31. The Hall–Kier alpha value is 0.140. The molecule has 2 N–H and O–H groups in total. The zero-order chi connectivity index (χ0) is 9.30. The number of aryl methyl sites for hydroxylation is 1.